The van der Waals surface area contributed by atoms with E-state index >= 15 is 0 Å². The van der Waals surface area contributed by atoms with E-state index in [1.165, 1.54) is 12.3 Å². The molecule has 0 spiro atoms. The van der Waals surface area contributed by atoms with Crippen LogP contribution in [-0.4, -0.2) is 11.8 Å². The number of hydrogen-bond acceptors (Lipinski definition) is 3. The summed E-state index contributed by atoms with van der Waals surface area (Å²) in [5.74, 6) is -0.316. The van der Waals surface area contributed by atoms with E-state index in [1.807, 2.05) is 52.0 Å². The van der Waals surface area contributed by atoms with Gasteiger partial charge in [-0.2, -0.15) is 0 Å². The van der Waals surface area contributed by atoms with Gasteiger partial charge in [-0.1, -0.05) is 35.4 Å². The van der Waals surface area contributed by atoms with Gasteiger partial charge in [-0.05, 0) is 63.1 Å². The third-order valence-electron chi connectivity index (χ3n) is 4.55. The molecular weight excluding hydrogens is 364 g/mol. The monoisotopic (exact) mass is 388 g/mol. The Kier molecular flexibility index (Phi) is 5.98. The van der Waals surface area contributed by atoms with Gasteiger partial charge in [0.2, 0.25) is 0 Å². The van der Waals surface area contributed by atoms with Crippen LogP contribution in [0.1, 0.15) is 38.4 Å². The van der Waals surface area contributed by atoms with Crippen molar-refractivity contribution >= 4 is 23.6 Å². The fraction of sp³-hybridized carbons (Fsp3) is 0.167. The maximum atomic E-state index is 13.0. The molecule has 0 aliphatic rings. The van der Waals surface area contributed by atoms with E-state index in [2.05, 4.69) is 10.6 Å². The smallest absolute Gasteiger partial charge is 0.272 e. The Bertz CT molecular complexity index is 1040. The second-order valence-electron chi connectivity index (χ2n) is 7.12. The standard InChI is InChI=1S/C24H24N2O3/c1-15-7-9-19(10-8-15)23(27)25-21(14-20-6-5-11-29-20)24(28)26-22-17(3)12-16(2)13-18(22)4/h5-14H,1-4H3,(H,25,27)(H,26,28)/b21-14-. The molecule has 0 atom stereocenters. The van der Waals surface area contributed by atoms with Crippen molar-refractivity contribution in [1.82, 2.24) is 5.32 Å². The Morgan fingerprint density at radius 1 is 0.897 bits per heavy atom. The second kappa shape index (κ2) is 8.61. The third kappa shape index (κ3) is 5.02. The van der Waals surface area contributed by atoms with Crippen LogP contribution in [-0.2, 0) is 4.79 Å². The lowest BCUT2D eigenvalue weighted by atomic mass is 10.0. The number of carbonyl (C=O) groups excluding carboxylic acids is 2. The van der Waals surface area contributed by atoms with E-state index in [-0.39, 0.29) is 11.6 Å². The lowest BCUT2D eigenvalue weighted by Crippen LogP contribution is -2.31. The lowest BCUT2D eigenvalue weighted by Gasteiger charge is -2.15. The average Bonchev–Trinajstić information content (AvgIpc) is 3.17. The van der Waals surface area contributed by atoms with Gasteiger partial charge in [0.25, 0.3) is 11.8 Å². The summed E-state index contributed by atoms with van der Waals surface area (Å²) < 4.78 is 5.32. The molecule has 0 unspecified atom stereocenters. The molecule has 0 aliphatic heterocycles. The number of amides is 2. The SMILES string of the molecule is Cc1ccc(C(=O)N/C(=C\c2ccco2)C(=O)Nc2c(C)cc(C)cc2C)cc1. The Hall–Kier alpha value is -3.60. The van der Waals surface area contributed by atoms with Gasteiger partial charge in [0, 0.05) is 17.3 Å². The summed E-state index contributed by atoms with van der Waals surface area (Å²) in [5.41, 5.74) is 5.39. The van der Waals surface area contributed by atoms with Gasteiger partial charge >= 0.3 is 0 Å². The molecule has 5 nitrogen and oxygen atoms in total. The van der Waals surface area contributed by atoms with E-state index < -0.39 is 5.91 Å². The van der Waals surface area contributed by atoms with Crippen molar-refractivity contribution in [1.29, 1.82) is 0 Å². The zero-order valence-electron chi connectivity index (χ0n) is 17.0. The number of hydrogen-bond donors (Lipinski definition) is 2. The molecule has 0 fully saturated rings. The van der Waals surface area contributed by atoms with Crippen molar-refractivity contribution in [2.45, 2.75) is 27.7 Å². The highest BCUT2D eigenvalue weighted by molar-refractivity contribution is 6.11. The maximum Gasteiger partial charge on any atom is 0.272 e. The quantitative estimate of drug-likeness (QED) is 0.609. The Labute approximate surface area is 170 Å². The Morgan fingerprint density at radius 3 is 2.14 bits per heavy atom. The van der Waals surface area contributed by atoms with Crippen LogP contribution in [0.2, 0.25) is 0 Å². The molecule has 1 aromatic heterocycles. The molecule has 0 saturated carbocycles. The lowest BCUT2D eigenvalue weighted by molar-refractivity contribution is -0.113. The molecule has 29 heavy (non-hydrogen) atoms. The molecule has 3 aromatic rings. The number of benzene rings is 2. The normalized spacial score (nSPS) is 11.2. The second-order valence-corrected chi connectivity index (χ2v) is 7.12. The average molecular weight is 388 g/mol. The summed E-state index contributed by atoms with van der Waals surface area (Å²) in [6.07, 6.45) is 3.03. The first-order valence-electron chi connectivity index (χ1n) is 9.36. The molecule has 2 amide bonds. The fourth-order valence-electron chi connectivity index (χ4n) is 3.13. The number of furan rings is 1. The number of rotatable bonds is 5. The minimum absolute atomic E-state index is 0.102. The van der Waals surface area contributed by atoms with E-state index in [0.717, 1.165) is 27.9 Å². The predicted octanol–water partition coefficient (Wildman–Crippen LogP) is 4.92. The van der Waals surface area contributed by atoms with Crippen LogP contribution >= 0.6 is 0 Å². The summed E-state index contributed by atoms with van der Waals surface area (Å²) in [5, 5.41) is 5.63. The molecular formula is C24H24N2O3. The van der Waals surface area contributed by atoms with E-state index in [1.54, 1.807) is 24.3 Å². The van der Waals surface area contributed by atoms with Crippen LogP contribution in [0.3, 0.4) is 0 Å². The molecule has 3 rings (SSSR count). The van der Waals surface area contributed by atoms with Crippen molar-refractivity contribution < 1.29 is 14.0 Å². The van der Waals surface area contributed by atoms with Gasteiger partial charge in [0.1, 0.15) is 11.5 Å². The molecule has 0 radical (unpaired) electrons. The number of anilines is 1. The zero-order valence-corrected chi connectivity index (χ0v) is 17.0. The van der Waals surface area contributed by atoms with Gasteiger partial charge in [-0.15, -0.1) is 0 Å². The maximum absolute atomic E-state index is 13.0. The number of aryl methyl sites for hydroxylation is 4. The van der Waals surface area contributed by atoms with Crippen LogP contribution in [0.15, 0.2) is 64.9 Å². The summed E-state index contributed by atoms with van der Waals surface area (Å²) in [6.45, 7) is 7.84. The highest BCUT2D eigenvalue weighted by Crippen LogP contribution is 2.22. The van der Waals surface area contributed by atoms with Crippen molar-refractivity contribution in [3.8, 4) is 0 Å². The first-order valence-corrected chi connectivity index (χ1v) is 9.36. The van der Waals surface area contributed by atoms with Crippen molar-refractivity contribution in [2.24, 2.45) is 0 Å². The summed E-state index contributed by atoms with van der Waals surface area (Å²) in [7, 11) is 0. The van der Waals surface area contributed by atoms with Crippen molar-refractivity contribution in [2.75, 3.05) is 5.32 Å². The van der Waals surface area contributed by atoms with E-state index in [9.17, 15) is 9.59 Å². The van der Waals surface area contributed by atoms with Crippen LogP contribution in [0.4, 0.5) is 5.69 Å². The van der Waals surface area contributed by atoms with Crippen LogP contribution in [0.5, 0.6) is 0 Å². The highest BCUT2D eigenvalue weighted by atomic mass is 16.3. The fourth-order valence-corrected chi connectivity index (χ4v) is 3.13. The van der Waals surface area contributed by atoms with Gasteiger partial charge in [-0.3, -0.25) is 9.59 Å². The van der Waals surface area contributed by atoms with Gasteiger partial charge in [-0.25, -0.2) is 0 Å². The first kappa shape index (κ1) is 20.1. The number of nitrogens with one attached hydrogen (secondary N) is 2. The van der Waals surface area contributed by atoms with Gasteiger partial charge < -0.3 is 15.1 Å². The minimum atomic E-state index is -0.420. The minimum Gasteiger partial charge on any atom is -0.465 e. The molecule has 5 heteroatoms. The summed E-state index contributed by atoms with van der Waals surface area (Å²) in [4.78, 5) is 25.7. The highest BCUT2D eigenvalue weighted by Gasteiger charge is 2.17. The first-order chi connectivity index (χ1) is 13.8. The Morgan fingerprint density at radius 2 is 1.55 bits per heavy atom. The molecule has 2 N–H and O–H groups in total. The summed E-state index contributed by atoms with van der Waals surface area (Å²) >= 11 is 0. The van der Waals surface area contributed by atoms with Crippen LogP contribution in [0, 0.1) is 27.7 Å². The Balaban J connectivity index is 1.89. The molecule has 0 saturated heterocycles. The van der Waals surface area contributed by atoms with Crippen LogP contribution in [0.25, 0.3) is 6.08 Å². The summed E-state index contributed by atoms with van der Waals surface area (Å²) in [6, 6.07) is 14.6. The predicted molar refractivity (Wildman–Crippen MR) is 115 cm³/mol. The van der Waals surface area contributed by atoms with Crippen molar-refractivity contribution in [3.63, 3.8) is 0 Å². The van der Waals surface area contributed by atoms with E-state index in [4.69, 9.17) is 4.42 Å². The van der Waals surface area contributed by atoms with Gasteiger partial charge in [0.05, 0.1) is 6.26 Å². The third-order valence-corrected chi connectivity index (χ3v) is 4.55. The molecule has 0 aliphatic carbocycles. The largest absolute Gasteiger partial charge is 0.465 e. The number of carbonyl (C=O) groups is 2. The topological polar surface area (TPSA) is 71.3 Å². The van der Waals surface area contributed by atoms with Crippen LogP contribution < -0.4 is 10.6 Å². The molecule has 2 aromatic carbocycles. The molecule has 0 bridgehead atoms. The molecule has 148 valence electrons. The zero-order chi connectivity index (χ0) is 21.0. The van der Waals surface area contributed by atoms with Crippen molar-refractivity contribution in [3.05, 3.63) is 94.1 Å². The van der Waals surface area contributed by atoms with E-state index in [0.29, 0.717) is 11.3 Å². The van der Waals surface area contributed by atoms with Gasteiger partial charge in [0.15, 0.2) is 0 Å². The molecule has 1 heterocycles.